The monoisotopic (exact) mass is 527 g/mol. The summed E-state index contributed by atoms with van der Waals surface area (Å²) in [5, 5.41) is 2.41. The van der Waals surface area contributed by atoms with E-state index in [1.165, 1.54) is 18.4 Å². The number of nitrogens with zero attached hydrogens (tertiary/aromatic N) is 3. The number of carbonyl (C=O) groups excluding carboxylic acids is 3. The molecule has 0 unspecified atom stereocenters. The third-order valence-electron chi connectivity index (χ3n) is 5.97. The van der Waals surface area contributed by atoms with Crippen LogP contribution in [0.5, 0.6) is 0 Å². The average molecular weight is 528 g/mol. The number of esters is 2. The highest BCUT2D eigenvalue weighted by atomic mass is 16.6. The summed E-state index contributed by atoms with van der Waals surface area (Å²) in [6, 6.07) is 8.42. The lowest BCUT2D eigenvalue weighted by Gasteiger charge is -2.19. The fourth-order valence-corrected chi connectivity index (χ4v) is 4.36. The first-order valence-electron chi connectivity index (χ1n) is 12.3. The zero-order valence-corrected chi connectivity index (χ0v) is 21.3. The van der Waals surface area contributed by atoms with Crippen molar-refractivity contribution < 1.29 is 28.6 Å². The van der Waals surface area contributed by atoms with Crippen LogP contribution in [0.1, 0.15) is 56.6 Å². The van der Waals surface area contributed by atoms with Crippen LogP contribution >= 0.6 is 0 Å². The highest BCUT2D eigenvalue weighted by Gasteiger charge is 2.42. The summed E-state index contributed by atoms with van der Waals surface area (Å²) in [6.07, 6.45) is -1.29. The molecule has 0 radical (unpaired) electrons. The van der Waals surface area contributed by atoms with Crippen molar-refractivity contribution in [2.45, 2.75) is 65.0 Å². The van der Waals surface area contributed by atoms with Crippen molar-refractivity contribution >= 4 is 35.0 Å². The Hall–Kier alpha value is -4.26. The number of H-pyrrole nitrogens is 1. The maximum Gasteiger partial charge on any atom is 0.338 e. The van der Waals surface area contributed by atoms with Gasteiger partial charge in [0.2, 0.25) is 11.9 Å². The number of benzene rings is 1. The van der Waals surface area contributed by atoms with Gasteiger partial charge in [0.05, 0.1) is 11.7 Å². The number of aromatic nitrogens is 4. The van der Waals surface area contributed by atoms with Crippen LogP contribution in [0, 0.1) is 0 Å². The Kier molecular flexibility index (Phi) is 8.05. The van der Waals surface area contributed by atoms with E-state index in [1.54, 1.807) is 30.3 Å². The molecule has 3 heterocycles. The topological polar surface area (TPSA) is 164 Å². The standard InChI is InChI=1S/C25H29N5O8/c1-4-5-11-29-19-20(27-24(26-14(2)31)28-21(19)33)30(25(29)35)22-18(37-15(3)32)12-17(38-22)13-36-23(34)16-9-7-6-8-10-16/h6-10,17-18,22H,4-5,11-13H2,1-3H3,(H2,26,27,28,31,33)/t17-,18+,22+/m0/s1. The fraction of sp³-hybridized carbons (Fsp3) is 0.440. The van der Waals surface area contributed by atoms with Crippen molar-refractivity contribution in [3.63, 3.8) is 0 Å². The number of unbranched alkanes of at least 4 members (excludes halogenated alkanes) is 1. The number of carbonyl (C=O) groups is 3. The van der Waals surface area contributed by atoms with E-state index in [1.807, 2.05) is 6.92 Å². The number of amides is 1. The molecule has 0 bridgehead atoms. The van der Waals surface area contributed by atoms with Crippen LogP contribution < -0.4 is 16.6 Å². The second-order valence-corrected chi connectivity index (χ2v) is 8.92. The normalized spacial score (nSPS) is 18.9. The summed E-state index contributed by atoms with van der Waals surface area (Å²) in [7, 11) is 0. The van der Waals surface area contributed by atoms with E-state index >= 15 is 0 Å². The van der Waals surface area contributed by atoms with Crippen molar-refractivity contribution in [2.24, 2.45) is 0 Å². The molecule has 202 valence electrons. The molecule has 3 atom stereocenters. The number of nitrogens with one attached hydrogen (secondary N) is 2. The van der Waals surface area contributed by atoms with Gasteiger partial charge in [-0.05, 0) is 18.6 Å². The fourth-order valence-electron chi connectivity index (χ4n) is 4.36. The van der Waals surface area contributed by atoms with Crippen LogP contribution in [0.3, 0.4) is 0 Å². The molecular weight excluding hydrogens is 498 g/mol. The molecule has 1 aromatic carbocycles. The Morgan fingerprint density at radius 1 is 1.18 bits per heavy atom. The number of fused-ring (bicyclic) bond motifs is 1. The van der Waals surface area contributed by atoms with Crippen LogP contribution in [-0.4, -0.2) is 55.8 Å². The van der Waals surface area contributed by atoms with Gasteiger partial charge in [0.15, 0.2) is 17.4 Å². The smallest absolute Gasteiger partial charge is 0.338 e. The molecule has 0 saturated carbocycles. The van der Waals surface area contributed by atoms with Crippen LogP contribution in [0.4, 0.5) is 5.95 Å². The number of ether oxygens (including phenoxy) is 3. The SMILES string of the molecule is CCCCn1c(=O)n([C@@H]2O[C@H](COC(=O)c3ccccc3)C[C@H]2OC(C)=O)c2nc(NC(C)=O)[nH]c(=O)c21. The number of anilines is 1. The second kappa shape index (κ2) is 11.4. The van der Waals surface area contributed by atoms with Gasteiger partial charge in [-0.3, -0.25) is 29.3 Å². The molecule has 4 rings (SSSR count). The van der Waals surface area contributed by atoms with Gasteiger partial charge < -0.3 is 14.2 Å². The molecule has 1 saturated heterocycles. The van der Waals surface area contributed by atoms with E-state index in [2.05, 4.69) is 15.3 Å². The van der Waals surface area contributed by atoms with Crippen molar-refractivity contribution in [3.05, 3.63) is 56.7 Å². The summed E-state index contributed by atoms with van der Waals surface area (Å²) in [5.41, 5.74) is -0.885. The third kappa shape index (κ3) is 5.67. The van der Waals surface area contributed by atoms with Gasteiger partial charge in [0.1, 0.15) is 12.7 Å². The minimum atomic E-state index is -1.16. The van der Waals surface area contributed by atoms with Crippen molar-refractivity contribution in [2.75, 3.05) is 11.9 Å². The highest BCUT2D eigenvalue weighted by molar-refractivity contribution is 5.89. The minimum Gasteiger partial charge on any atom is -0.459 e. The summed E-state index contributed by atoms with van der Waals surface area (Å²) in [4.78, 5) is 69.2. The van der Waals surface area contributed by atoms with E-state index in [4.69, 9.17) is 14.2 Å². The first-order chi connectivity index (χ1) is 18.2. The number of aryl methyl sites for hydroxylation is 1. The van der Waals surface area contributed by atoms with E-state index in [-0.39, 0.29) is 36.7 Å². The zero-order valence-electron chi connectivity index (χ0n) is 21.3. The Balaban J connectivity index is 1.72. The van der Waals surface area contributed by atoms with Crippen LogP contribution in [0.25, 0.3) is 11.2 Å². The van der Waals surface area contributed by atoms with Gasteiger partial charge in [-0.25, -0.2) is 14.2 Å². The molecule has 38 heavy (non-hydrogen) atoms. The summed E-state index contributed by atoms with van der Waals surface area (Å²) in [5.74, 6) is -1.77. The van der Waals surface area contributed by atoms with E-state index in [9.17, 15) is 24.0 Å². The van der Waals surface area contributed by atoms with Crippen molar-refractivity contribution in [1.29, 1.82) is 0 Å². The number of rotatable bonds is 9. The predicted octanol–water partition coefficient (Wildman–Crippen LogP) is 1.72. The van der Waals surface area contributed by atoms with Crippen molar-refractivity contribution in [1.82, 2.24) is 19.1 Å². The van der Waals surface area contributed by atoms with Crippen LogP contribution in [0.2, 0.25) is 0 Å². The number of hydrogen-bond donors (Lipinski definition) is 2. The van der Waals surface area contributed by atoms with Gasteiger partial charge >= 0.3 is 17.6 Å². The molecule has 1 aliphatic rings. The Labute approximate surface area is 216 Å². The van der Waals surface area contributed by atoms with Gasteiger partial charge in [0.25, 0.3) is 5.56 Å². The number of imidazole rings is 1. The van der Waals surface area contributed by atoms with Gasteiger partial charge in [-0.15, -0.1) is 0 Å². The molecule has 1 aliphatic heterocycles. The molecule has 13 heteroatoms. The Morgan fingerprint density at radius 2 is 1.92 bits per heavy atom. The molecule has 3 aromatic rings. The number of hydrogen-bond acceptors (Lipinski definition) is 9. The van der Waals surface area contributed by atoms with Gasteiger partial charge in [-0.2, -0.15) is 4.98 Å². The van der Waals surface area contributed by atoms with Gasteiger partial charge in [-0.1, -0.05) is 31.5 Å². The van der Waals surface area contributed by atoms with E-state index < -0.39 is 47.5 Å². The maximum atomic E-state index is 13.6. The van der Waals surface area contributed by atoms with E-state index in [0.29, 0.717) is 12.0 Å². The van der Waals surface area contributed by atoms with Crippen molar-refractivity contribution in [3.8, 4) is 0 Å². The Morgan fingerprint density at radius 3 is 2.58 bits per heavy atom. The molecule has 0 aliphatic carbocycles. The minimum absolute atomic E-state index is 0.00156. The summed E-state index contributed by atoms with van der Waals surface area (Å²) >= 11 is 0. The summed E-state index contributed by atoms with van der Waals surface area (Å²) < 4.78 is 19.4. The van der Waals surface area contributed by atoms with Crippen LogP contribution in [0.15, 0.2) is 39.9 Å². The lowest BCUT2D eigenvalue weighted by Crippen LogP contribution is -2.33. The third-order valence-corrected chi connectivity index (χ3v) is 5.97. The average Bonchev–Trinajstić information content (AvgIpc) is 3.37. The van der Waals surface area contributed by atoms with Gasteiger partial charge in [0, 0.05) is 26.8 Å². The Bertz CT molecular complexity index is 1460. The zero-order chi connectivity index (χ0) is 27.4. The molecule has 0 spiro atoms. The first kappa shape index (κ1) is 26.8. The molecule has 2 aromatic heterocycles. The molecule has 1 amide bonds. The maximum absolute atomic E-state index is 13.6. The summed E-state index contributed by atoms with van der Waals surface area (Å²) in [6.45, 7) is 4.51. The lowest BCUT2D eigenvalue weighted by atomic mass is 10.2. The van der Waals surface area contributed by atoms with E-state index in [0.717, 1.165) is 11.0 Å². The molecular formula is C25H29N5O8. The largest absolute Gasteiger partial charge is 0.459 e. The molecule has 2 N–H and O–H groups in total. The molecule has 13 nitrogen and oxygen atoms in total. The highest BCUT2D eigenvalue weighted by Crippen LogP contribution is 2.33. The number of aromatic amines is 1. The first-order valence-corrected chi connectivity index (χ1v) is 12.3. The quantitative estimate of drug-likeness (QED) is 0.394. The lowest BCUT2D eigenvalue weighted by molar-refractivity contribution is -0.152. The molecule has 1 fully saturated rings. The van der Waals surface area contributed by atoms with Crippen LogP contribution in [-0.2, 0) is 30.3 Å². The second-order valence-electron chi connectivity index (χ2n) is 8.92. The predicted molar refractivity (Wildman–Crippen MR) is 135 cm³/mol.